The van der Waals surface area contributed by atoms with Crippen molar-refractivity contribution in [2.24, 2.45) is 0 Å². The van der Waals surface area contributed by atoms with Crippen LogP contribution in [-0.2, 0) is 4.79 Å². The van der Waals surface area contributed by atoms with Crippen molar-refractivity contribution in [2.45, 2.75) is 25.7 Å². The van der Waals surface area contributed by atoms with Gasteiger partial charge in [0.1, 0.15) is 11.6 Å². The first-order valence-electron chi connectivity index (χ1n) is 7.61. The Morgan fingerprint density at radius 3 is 2.62 bits per heavy atom. The number of ether oxygens (including phenoxy) is 1. The number of nitrogens with one attached hydrogen (secondary N) is 1. The molecule has 1 fully saturated rings. The average Bonchev–Trinajstić information content (AvgIpc) is 2.99. The van der Waals surface area contributed by atoms with E-state index in [1.54, 1.807) is 0 Å². The highest BCUT2D eigenvalue weighted by molar-refractivity contribution is 5.77. The Morgan fingerprint density at radius 1 is 1.19 bits per heavy atom. The van der Waals surface area contributed by atoms with Crippen LogP contribution in [0.15, 0.2) is 24.3 Å². The minimum Gasteiger partial charge on any atom is -0.484 e. The maximum atomic E-state index is 12.7. The highest BCUT2D eigenvalue weighted by Crippen LogP contribution is 2.10. The number of benzene rings is 1. The number of unbranched alkanes of at least 4 members (excludes halogenated alkanes) is 1. The van der Waals surface area contributed by atoms with E-state index in [1.165, 1.54) is 50.2 Å². The van der Waals surface area contributed by atoms with E-state index in [1.807, 2.05) is 0 Å². The molecule has 0 radical (unpaired) electrons. The predicted octanol–water partition coefficient (Wildman–Crippen LogP) is 2.20. The van der Waals surface area contributed by atoms with E-state index in [9.17, 15) is 9.18 Å². The largest absolute Gasteiger partial charge is 0.484 e. The van der Waals surface area contributed by atoms with Crippen molar-refractivity contribution in [3.05, 3.63) is 30.1 Å². The van der Waals surface area contributed by atoms with E-state index >= 15 is 0 Å². The van der Waals surface area contributed by atoms with Crippen LogP contribution in [0.25, 0.3) is 0 Å². The van der Waals surface area contributed by atoms with Gasteiger partial charge in [-0.2, -0.15) is 0 Å². The topological polar surface area (TPSA) is 41.6 Å². The molecule has 0 saturated carbocycles. The molecule has 2 rings (SSSR count). The number of hydrogen-bond acceptors (Lipinski definition) is 3. The van der Waals surface area contributed by atoms with Gasteiger partial charge in [-0.1, -0.05) is 0 Å². The molecule has 1 aromatic carbocycles. The van der Waals surface area contributed by atoms with Crippen LogP contribution >= 0.6 is 0 Å². The smallest absolute Gasteiger partial charge is 0.257 e. The fraction of sp³-hybridized carbons (Fsp3) is 0.562. The third kappa shape index (κ3) is 6.12. The van der Waals surface area contributed by atoms with Gasteiger partial charge in [0.05, 0.1) is 0 Å². The molecule has 0 aliphatic carbocycles. The van der Waals surface area contributed by atoms with E-state index in [2.05, 4.69) is 10.2 Å². The summed E-state index contributed by atoms with van der Waals surface area (Å²) in [5.41, 5.74) is 0. The van der Waals surface area contributed by atoms with Crippen molar-refractivity contribution in [3.63, 3.8) is 0 Å². The Morgan fingerprint density at radius 2 is 1.90 bits per heavy atom. The standard InChI is InChI=1S/C16H23FN2O2/c17-14-5-7-15(8-6-14)21-13-16(20)18-9-1-2-10-19-11-3-4-12-19/h5-8H,1-4,9-13H2,(H,18,20). The molecular formula is C16H23FN2O2. The SMILES string of the molecule is O=C(COc1ccc(F)cc1)NCCCCN1CCCC1. The normalized spacial score (nSPS) is 15.1. The second-order valence-corrected chi connectivity index (χ2v) is 5.35. The van der Waals surface area contributed by atoms with Gasteiger partial charge in [-0.25, -0.2) is 4.39 Å². The van der Waals surface area contributed by atoms with E-state index < -0.39 is 0 Å². The van der Waals surface area contributed by atoms with Gasteiger partial charge in [-0.3, -0.25) is 4.79 Å². The fourth-order valence-electron chi connectivity index (χ4n) is 2.43. The summed E-state index contributed by atoms with van der Waals surface area (Å²) < 4.78 is 18.0. The molecule has 1 aliphatic rings. The van der Waals surface area contributed by atoms with Gasteiger partial charge >= 0.3 is 0 Å². The fourth-order valence-corrected chi connectivity index (χ4v) is 2.43. The van der Waals surface area contributed by atoms with Crippen molar-refractivity contribution in [2.75, 3.05) is 32.8 Å². The van der Waals surface area contributed by atoms with Crippen molar-refractivity contribution < 1.29 is 13.9 Å². The van der Waals surface area contributed by atoms with Gasteiger partial charge in [0.15, 0.2) is 6.61 Å². The minimum atomic E-state index is -0.315. The van der Waals surface area contributed by atoms with Gasteiger partial charge in [0.25, 0.3) is 5.91 Å². The zero-order valence-electron chi connectivity index (χ0n) is 12.3. The zero-order chi connectivity index (χ0) is 14.9. The van der Waals surface area contributed by atoms with Crippen LogP contribution in [0.4, 0.5) is 4.39 Å². The molecule has 1 aliphatic heterocycles. The summed E-state index contributed by atoms with van der Waals surface area (Å²) in [5.74, 6) is 0.0471. The van der Waals surface area contributed by atoms with Gasteiger partial charge in [-0.05, 0) is 69.6 Å². The molecule has 0 bridgehead atoms. The number of carbonyl (C=O) groups is 1. The molecule has 1 aromatic rings. The minimum absolute atomic E-state index is 0.0300. The lowest BCUT2D eigenvalue weighted by atomic mass is 10.3. The Kier molecular flexibility index (Phi) is 6.47. The Bertz CT molecular complexity index is 430. The number of hydrogen-bond donors (Lipinski definition) is 1. The average molecular weight is 294 g/mol. The van der Waals surface area contributed by atoms with Crippen LogP contribution in [0.2, 0.25) is 0 Å². The molecule has 1 heterocycles. The summed E-state index contributed by atoms with van der Waals surface area (Å²) in [7, 11) is 0. The molecule has 1 saturated heterocycles. The number of likely N-dealkylation sites (tertiary alicyclic amines) is 1. The maximum Gasteiger partial charge on any atom is 0.257 e. The van der Waals surface area contributed by atoms with Gasteiger partial charge in [-0.15, -0.1) is 0 Å². The van der Waals surface area contributed by atoms with Crippen LogP contribution in [0.3, 0.4) is 0 Å². The number of carbonyl (C=O) groups excluding carboxylic acids is 1. The highest BCUT2D eigenvalue weighted by Gasteiger charge is 2.10. The van der Waals surface area contributed by atoms with Crippen LogP contribution in [0, 0.1) is 5.82 Å². The molecule has 1 amide bonds. The number of rotatable bonds is 8. The van der Waals surface area contributed by atoms with Crippen LogP contribution in [0.5, 0.6) is 5.75 Å². The number of amides is 1. The molecule has 0 atom stereocenters. The number of nitrogens with zero attached hydrogens (tertiary/aromatic N) is 1. The Balaban J connectivity index is 1.50. The maximum absolute atomic E-state index is 12.7. The van der Waals surface area contributed by atoms with Gasteiger partial charge in [0, 0.05) is 6.54 Å². The van der Waals surface area contributed by atoms with E-state index in [4.69, 9.17) is 4.74 Å². The van der Waals surface area contributed by atoms with Crippen molar-refractivity contribution >= 4 is 5.91 Å². The third-order valence-corrected chi connectivity index (χ3v) is 3.61. The number of halogens is 1. The Labute approximate surface area is 125 Å². The summed E-state index contributed by atoms with van der Waals surface area (Å²) in [6.45, 7) is 4.22. The summed E-state index contributed by atoms with van der Waals surface area (Å²) in [6, 6.07) is 5.65. The zero-order valence-corrected chi connectivity index (χ0v) is 12.3. The molecule has 116 valence electrons. The molecule has 21 heavy (non-hydrogen) atoms. The molecule has 1 N–H and O–H groups in total. The first kappa shape index (κ1) is 15.8. The summed E-state index contributed by atoms with van der Waals surface area (Å²) in [6.07, 6.45) is 4.73. The van der Waals surface area contributed by atoms with E-state index in [0.29, 0.717) is 12.3 Å². The van der Waals surface area contributed by atoms with Gasteiger partial charge < -0.3 is 15.0 Å². The summed E-state index contributed by atoms with van der Waals surface area (Å²) >= 11 is 0. The van der Waals surface area contributed by atoms with Crippen LogP contribution in [-0.4, -0.2) is 43.6 Å². The Hall–Kier alpha value is -1.62. The molecule has 0 unspecified atom stereocenters. The first-order valence-corrected chi connectivity index (χ1v) is 7.61. The van der Waals surface area contributed by atoms with E-state index in [-0.39, 0.29) is 18.3 Å². The lowest BCUT2D eigenvalue weighted by molar-refractivity contribution is -0.123. The lowest BCUT2D eigenvalue weighted by Crippen LogP contribution is -2.30. The van der Waals surface area contributed by atoms with Gasteiger partial charge in [0.2, 0.25) is 0 Å². The van der Waals surface area contributed by atoms with Crippen molar-refractivity contribution in [3.8, 4) is 5.75 Å². The third-order valence-electron chi connectivity index (χ3n) is 3.61. The van der Waals surface area contributed by atoms with Crippen molar-refractivity contribution in [1.82, 2.24) is 10.2 Å². The second-order valence-electron chi connectivity index (χ2n) is 5.35. The first-order chi connectivity index (χ1) is 10.2. The van der Waals surface area contributed by atoms with Crippen LogP contribution in [0.1, 0.15) is 25.7 Å². The molecule has 5 heteroatoms. The quantitative estimate of drug-likeness (QED) is 0.747. The van der Waals surface area contributed by atoms with Crippen molar-refractivity contribution in [1.29, 1.82) is 0 Å². The second kappa shape index (κ2) is 8.62. The monoisotopic (exact) mass is 294 g/mol. The molecule has 0 spiro atoms. The summed E-state index contributed by atoms with van der Waals surface area (Å²) in [4.78, 5) is 14.1. The molecule has 4 nitrogen and oxygen atoms in total. The lowest BCUT2D eigenvalue weighted by Gasteiger charge is -2.14. The molecule has 0 aromatic heterocycles. The highest BCUT2D eigenvalue weighted by atomic mass is 19.1. The summed E-state index contributed by atoms with van der Waals surface area (Å²) in [5, 5.41) is 2.83. The van der Waals surface area contributed by atoms with E-state index in [0.717, 1.165) is 19.4 Å². The molecular weight excluding hydrogens is 271 g/mol. The predicted molar refractivity (Wildman–Crippen MR) is 79.8 cm³/mol. The van der Waals surface area contributed by atoms with Crippen LogP contribution < -0.4 is 10.1 Å².